The highest BCUT2D eigenvalue weighted by Crippen LogP contribution is 2.38. The van der Waals surface area contributed by atoms with Crippen LogP contribution in [0.4, 0.5) is 11.4 Å². The van der Waals surface area contributed by atoms with Crippen molar-refractivity contribution in [1.29, 1.82) is 0 Å². The van der Waals surface area contributed by atoms with Gasteiger partial charge in [0.1, 0.15) is 0 Å². The molecule has 19 heteroatoms. The number of aromatic amines is 1. The van der Waals surface area contributed by atoms with Crippen molar-refractivity contribution in [2.45, 2.75) is 71.5 Å². The van der Waals surface area contributed by atoms with E-state index < -0.39 is 23.8 Å². The van der Waals surface area contributed by atoms with E-state index in [4.69, 9.17) is 30.3 Å². The number of nitrogens with one attached hydrogen (secondary N) is 1. The molecule has 0 bridgehead atoms. The molecule has 10 rings (SSSR count). The molecule has 2 fully saturated rings. The fourth-order valence-electron chi connectivity index (χ4n) is 10.7. The van der Waals surface area contributed by atoms with E-state index in [2.05, 4.69) is 14.8 Å². The van der Waals surface area contributed by atoms with Crippen LogP contribution in [0.15, 0.2) is 143 Å². The molecule has 0 unspecified atom stereocenters. The maximum Gasteiger partial charge on any atom is 0.338 e. The van der Waals surface area contributed by atoms with Crippen LogP contribution in [0.25, 0.3) is 21.8 Å². The minimum absolute atomic E-state index is 0.0565. The molecule has 6 aromatic carbocycles. The highest BCUT2D eigenvalue weighted by Gasteiger charge is 2.27. The van der Waals surface area contributed by atoms with Crippen molar-refractivity contribution in [2.75, 3.05) is 60.0 Å². The first-order chi connectivity index (χ1) is 41.4. The van der Waals surface area contributed by atoms with Crippen LogP contribution in [-0.4, -0.2) is 158 Å². The molecular formula is C67H73N7O12. The number of carbonyl (C=O) groups is 5. The molecule has 2 aliphatic heterocycles. The summed E-state index contributed by atoms with van der Waals surface area (Å²) in [5.74, 6) is -2.79. The van der Waals surface area contributed by atoms with E-state index in [-0.39, 0.29) is 40.9 Å². The largest absolute Gasteiger partial charge is 0.494 e. The number of hydrogen-bond donors (Lipinski definition) is 7. The molecule has 0 atom stereocenters. The Labute approximate surface area is 498 Å². The van der Waals surface area contributed by atoms with Gasteiger partial charge in [-0.1, -0.05) is 60.7 Å². The smallest absolute Gasteiger partial charge is 0.338 e. The zero-order valence-corrected chi connectivity index (χ0v) is 49.0. The van der Waals surface area contributed by atoms with Crippen molar-refractivity contribution in [3.05, 3.63) is 189 Å². The summed E-state index contributed by atoms with van der Waals surface area (Å²) >= 11 is 0. The average molecular weight is 1170 g/mol. The standard InChI is InChI=1S/C33H35N3O5.C27H22N2O6.C7H16N2O/c1-21-19-27-28(20-26(21)33(40)41-2)35-32(39)30(27)31(23-7-4-3-5-8-23)34-24-12-10-22(11-13-24)29(38)9-6-16-36-17-14-25(37)15-18-36;1-15-13-21-22(14-20(15)27(34)35-3)29(16(2)30)25(31)23(21)24(17-7-5-4-6-8-17)28-19-11-9-18(10-12-19)26(32)33;8-3-6-9-4-1-7(10)2-5-9/h3-5,7-8,10-13,19-20,25,35,37,39H,6,9,14-18H2,1-2H3;4-14,31H,1-3H3,(H,32,33);7,10H,1-6,8H2. The van der Waals surface area contributed by atoms with Gasteiger partial charge < -0.3 is 55.5 Å². The number of H-pyrrole nitrogens is 1. The van der Waals surface area contributed by atoms with Crippen molar-refractivity contribution < 1.29 is 59.0 Å². The number of likely N-dealkylation sites (tertiary alicyclic amines) is 2. The first kappa shape index (κ1) is 62.9. The lowest BCUT2D eigenvalue weighted by Crippen LogP contribution is -2.38. The number of piperidine rings is 2. The number of methoxy groups -OCH3 is 2. The Morgan fingerprint density at radius 2 is 1.07 bits per heavy atom. The number of benzene rings is 6. The van der Waals surface area contributed by atoms with Crippen LogP contribution in [-0.2, 0) is 9.47 Å². The van der Waals surface area contributed by atoms with Crippen molar-refractivity contribution in [3.8, 4) is 11.8 Å². The number of ether oxygens (including phenoxy) is 2. The number of nitrogens with two attached hydrogens (primary N) is 1. The molecular weight excluding hydrogens is 1090 g/mol. The molecule has 0 radical (unpaired) electrons. The van der Waals surface area contributed by atoms with Crippen molar-refractivity contribution in [2.24, 2.45) is 15.7 Å². The van der Waals surface area contributed by atoms with Crippen LogP contribution >= 0.6 is 0 Å². The van der Waals surface area contributed by atoms with Gasteiger partial charge in [0.25, 0.3) is 0 Å². The van der Waals surface area contributed by atoms with Gasteiger partial charge in [-0.15, -0.1) is 0 Å². The number of esters is 2. The zero-order chi connectivity index (χ0) is 61.6. The summed E-state index contributed by atoms with van der Waals surface area (Å²) in [7, 11) is 2.61. The number of aliphatic hydroxyl groups is 2. The first-order valence-electron chi connectivity index (χ1n) is 28.6. The number of rotatable bonds is 16. The number of aromatic hydroxyl groups is 2. The summed E-state index contributed by atoms with van der Waals surface area (Å²) in [5, 5.41) is 51.5. The average Bonchev–Trinajstić information content (AvgIpc) is 1.68. The number of Topliss-reactive ketones (excluding diaryl/α,β-unsaturated/α-hetero) is 1. The van der Waals surface area contributed by atoms with Crippen LogP contribution in [0.3, 0.4) is 0 Å². The van der Waals surface area contributed by atoms with Crippen LogP contribution in [0, 0.1) is 13.8 Å². The van der Waals surface area contributed by atoms with Gasteiger partial charge in [-0.05, 0) is 136 Å². The monoisotopic (exact) mass is 1170 g/mol. The van der Waals surface area contributed by atoms with E-state index in [0.717, 1.165) is 99.0 Å². The third kappa shape index (κ3) is 15.2. The Morgan fingerprint density at radius 3 is 1.55 bits per heavy atom. The maximum atomic E-state index is 12.8. The number of carboxylic acids is 1. The number of hydrogen-bond acceptors (Lipinski definition) is 16. The number of aliphatic hydroxyl groups excluding tert-OH is 2. The normalized spacial score (nSPS) is 14.5. The van der Waals surface area contributed by atoms with Crippen molar-refractivity contribution in [1.82, 2.24) is 19.4 Å². The van der Waals surface area contributed by atoms with Crippen molar-refractivity contribution >= 4 is 74.2 Å². The molecule has 19 nitrogen and oxygen atoms in total. The minimum Gasteiger partial charge on any atom is -0.494 e. The summed E-state index contributed by atoms with van der Waals surface area (Å²) in [5.41, 5.74) is 13.4. The van der Waals surface area contributed by atoms with Gasteiger partial charge >= 0.3 is 17.9 Å². The minimum atomic E-state index is -1.05. The summed E-state index contributed by atoms with van der Waals surface area (Å²) in [6.45, 7) is 11.2. The van der Waals surface area contributed by atoms with E-state index in [1.807, 2.05) is 85.8 Å². The number of ketones is 1. The SMILES string of the molecule is COC(=O)c1cc2[nH]c(O)c(C(=Nc3ccc(C(=O)CCCN4CCC(O)CC4)cc3)c3ccccc3)c2cc1C.COC(=O)c1cc2c(cc1C)c(C(=Nc1ccc(C(=O)O)cc1)c1ccccc1)c(O)n2C(C)=O.NCCN1CCC(O)CC1. The molecule has 448 valence electrons. The zero-order valence-electron chi connectivity index (χ0n) is 49.0. The van der Waals surface area contributed by atoms with Gasteiger partial charge in [-0.25, -0.2) is 24.4 Å². The molecule has 8 aromatic rings. The molecule has 0 amide bonds. The van der Waals surface area contributed by atoms with E-state index in [9.17, 15) is 44.4 Å². The lowest BCUT2D eigenvalue weighted by Gasteiger charge is -2.29. The number of fused-ring (bicyclic) bond motifs is 2. The van der Waals surface area contributed by atoms with Gasteiger partial charge in [-0.3, -0.25) is 14.2 Å². The van der Waals surface area contributed by atoms with Gasteiger partial charge in [0, 0.05) is 85.6 Å². The number of carbonyl (C=O) groups excluding carboxylic acids is 4. The maximum absolute atomic E-state index is 12.8. The molecule has 0 aliphatic carbocycles. The van der Waals surface area contributed by atoms with E-state index in [0.29, 0.717) is 79.0 Å². The molecule has 0 saturated carbocycles. The van der Waals surface area contributed by atoms with Crippen molar-refractivity contribution in [3.63, 3.8) is 0 Å². The van der Waals surface area contributed by atoms with E-state index >= 15 is 0 Å². The molecule has 4 heterocycles. The summed E-state index contributed by atoms with van der Waals surface area (Å²) in [6, 6.07) is 38.7. The van der Waals surface area contributed by atoms with Gasteiger partial charge in [0.05, 0.1) is 82.6 Å². The highest BCUT2D eigenvalue weighted by atomic mass is 16.5. The second-order valence-electron chi connectivity index (χ2n) is 21.3. The molecule has 0 spiro atoms. The number of carboxylic acid groups (broad SMARTS) is 1. The second kappa shape index (κ2) is 29.1. The van der Waals surface area contributed by atoms with Crippen LogP contribution in [0.5, 0.6) is 11.8 Å². The molecule has 2 aliphatic rings. The first-order valence-corrected chi connectivity index (χ1v) is 28.6. The number of nitrogens with zero attached hydrogens (tertiary/aromatic N) is 5. The number of aromatic carboxylic acids is 1. The van der Waals surface area contributed by atoms with Gasteiger partial charge in [0.2, 0.25) is 11.8 Å². The quantitative estimate of drug-likeness (QED) is 0.0269. The Balaban J connectivity index is 0.000000194. The number of aliphatic imine (C=N–C) groups is 2. The Hall–Kier alpha value is -9.11. The predicted octanol–water partition coefficient (Wildman–Crippen LogP) is 9.93. The number of aryl methyl sites for hydroxylation is 2. The van der Waals surface area contributed by atoms with Crippen LogP contribution in [0.2, 0.25) is 0 Å². The third-order valence-electron chi connectivity index (χ3n) is 15.3. The Kier molecular flexibility index (Phi) is 21.3. The van der Waals surface area contributed by atoms with Gasteiger partial charge in [-0.2, -0.15) is 0 Å². The summed E-state index contributed by atoms with van der Waals surface area (Å²) in [6.07, 6.45) is 4.42. The molecule has 86 heavy (non-hydrogen) atoms. The van der Waals surface area contributed by atoms with E-state index in [1.54, 1.807) is 43.3 Å². The van der Waals surface area contributed by atoms with E-state index in [1.165, 1.54) is 39.3 Å². The lowest BCUT2D eigenvalue weighted by molar-refractivity contribution is 0.0591. The summed E-state index contributed by atoms with van der Waals surface area (Å²) < 4.78 is 10.9. The molecule has 8 N–H and O–H groups in total. The lowest BCUT2D eigenvalue weighted by atomic mass is 9.98. The second-order valence-corrected chi connectivity index (χ2v) is 21.3. The highest BCUT2D eigenvalue weighted by molar-refractivity contribution is 6.24. The Bertz CT molecular complexity index is 3760. The Morgan fingerprint density at radius 1 is 0.605 bits per heavy atom. The van der Waals surface area contributed by atoms with Crippen LogP contribution < -0.4 is 5.73 Å². The fourth-order valence-corrected chi connectivity index (χ4v) is 10.7. The number of aromatic nitrogens is 2. The summed E-state index contributed by atoms with van der Waals surface area (Å²) in [4.78, 5) is 78.4. The fraction of sp³-hybridized carbons (Fsp3) is 0.299. The topological polar surface area (TPSA) is 283 Å². The molecule has 2 aromatic heterocycles. The predicted molar refractivity (Wildman–Crippen MR) is 331 cm³/mol. The molecule has 2 saturated heterocycles. The third-order valence-corrected chi connectivity index (χ3v) is 15.3. The van der Waals surface area contributed by atoms with Crippen LogP contribution in [0.1, 0.15) is 125 Å². The van der Waals surface area contributed by atoms with Gasteiger partial charge in [0.15, 0.2) is 11.7 Å².